The molecular weight excluding hydrogens is 284 g/mol. The second kappa shape index (κ2) is 6.67. The first kappa shape index (κ1) is 15.4. The Balaban J connectivity index is 2.43. The molecule has 6 heteroatoms. The molecule has 0 spiro atoms. The van der Waals surface area contributed by atoms with Gasteiger partial charge in [0.2, 0.25) is 11.0 Å². The lowest BCUT2D eigenvalue weighted by atomic mass is 10.1. The molecule has 2 aromatic rings. The van der Waals surface area contributed by atoms with Gasteiger partial charge in [0.05, 0.1) is 5.52 Å². The number of hydrogen-bond donors (Lipinski definition) is 2. The van der Waals surface area contributed by atoms with E-state index in [0.717, 1.165) is 29.4 Å². The molecule has 0 fully saturated rings. The van der Waals surface area contributed by atoms with Crippen molar-refractivity contribution in [2.75, 3.05) is 6.54 Å². The van der Waals surface area contributed by atoms with Gasteiger partial charge >= 0.3 is 0 Å². The van der Waals surface area contributed by atoms with Crippen LogP contribution in [-0.4, -0.2) is 21.3 Å². The van der Waals surface area contributed by atoms with Crippen molar-refractivity contribution in [1.82, 2.24) is 9.88 Å². The monoisotopic (exact) mass is 304 g/mol. The summed E-state index contributed by atoms with van der Waals surface area (Å²) in [7, 11) is 0. The van der Waals surface area contributed by atoms with Gasteiger partial charge in [-0.2, -0.15) is 0 Å². The minimum Gasteiger partial charge on any atom is -0.493 e. The Bertz CT molecular complexity index is 691. The standard InChI is InChI=1S/C15H20N4OS/c1-4-8-16-15(21)18-17-13-11-9-10(3)6-7-12(11)19(5-2)14(13)20/h6-7,9,20H,4-5,8H2,1-3H3,(H,16,21). The maximum Gasteiger partial charge on any atom is 0.220 e. The van der Waals surface area contributed by atoms with Gasteiger partial charge < -0.3 is 15.0 Å². The van der Waals surface area contributed by atoms with Crippen LogP contribution in [0.2, 0.25) is 0 Å². The Morgan fingerprint density at radius 3 is 2.81 bits per heavy atom. The molecule has 0 saturated heterocycles. The molecule has 1 aromatic heterocycles. The topological polar surface area (TPSA) is 61.9 Å². The van der Waals surface area contributed by atoms with Crippen molar-refractivity contribution >= 4 is 33.9 Å². The summed E-state index contributed by atoms with van der Waals surface area (Å²) >= 11 is 5.09. The Labute approximate surface area is 129 Å². The van der Waals surface area contributed by atoms with Gasteiger partial charge in [0.25, 0.3) is 0 Å². The van der Waals surface area contributed by atoms with E-state index in [4.69, 9.17) is 12.2 Å². The Kier molecular flexibility index (Phi) is 4.90. The number of aromatic nitrogens is 1. The second-order valence-corrected chi connectivity index (χ2v) is 5.26. The molecule has 0 unspecified atom stereocenters. The molecule has 0 amide bonds. The fourth-order valence-corrected chi connectivity index (χ4v) is 2.36. The van der Waals surface area contributed by atoms with Gasteiger partial charge in [-0.15, -0.1) is 10.2 Å². The van der Waals surface area contributed by atoms with E-state index in [9.17, 15) is 5.11 Å². The molecule has 0 bridgehead atoms. The molecule has 1 heterocycles. The highest BCUT2D eigenvalue weighted by Gasteiger charge is 2.15. The van der Waals surface area contributed by atoms with Crippen molar-refractivity contribution in [3.63, 3.8) is 0 Å². The van der Waals surface area contributed by atoms with Crippen molar-refractivity contribution in [3.05, 3.63) is 23.8 Å². The molecule has 0 radical (unpaired) electrons. The molecule has 0 aliphatic carbocycles. The highest BCUT2D eigenvalue weighted by molar-refractivity contribution is 7.80. The summed E-state index contributed by atoms with van der Waals surface area (Å²) in [5.74, 6) is 0.125. The smallest absolute Gasteiger partial charge is 0.220 e. The maximum atomic E-state index is 10.3. The van der Waals surface area contributed by atoms with Crippen LogP contribution in [-0.2, 0) is 6.54 Å². The van der Waals surface area contributed by atoms with Crippen LogP contribution in [0.1, 0.15) is 25.8 Å². The predicted octanol–water partition coefficient (Wildman–Crippen LogP) is 4.04. The summed E-state index contributed by atoms with van der Waals surface area (Å²) in [5, 5.41) is 22.7. The number of aryl methyl sites for hydroxylation is 2. The molecule has 112 valence electrons. The van der Waals surface area contributed by atoms with Gasteiger partial charge in [0.1, 0.15) is 0 Å². The SMILES string of the molecule is CCCNC(=S)N=Nc1c(O)n(CC)c2ccc(C)cc12. The summed E-state index contributed by atoms with van der Waals surface area (Å²) < 4.78 is 1.81. The van der Waals surface area contributed by atoms with E-state index in [-0.39, 0.29) is 5.88 Å². The lowest BCUT2D eigenvalue weighted by molar-refractivity contribution is 0.427. The zero-order valence-electron chi connectivity index (χ0n) is 12.6. The van der Waals surface area contributed by atoms with Crippen LogP contribution in [0.4, 0.5) is 5.69 Å². The quantitative estimate of drug-likeness (QED) is 0.662. The first-order valence-electron chi connectivity index (χ1n) is 7.09. The van der Waals surface area contributed by atoms with Gasteiger partial charge in [-0.05, 0) is 44.6 Å². The van der Waals surface area contributed by atoms with E-state index < -0.39 is 0 Å². The normalized spacial score (nSPS) is 11.4. The molecule has 0 aliphatic rings. The van der Waals surface area contributed by atoms with Gasteiger partial charge in [-0.3, -0.25) is 0 Å². The number of thiocarbonyl (C=S) groups is 1. The van der Waals surface area contributed by atoms with Crippen LogP contribution in [0.15, 0.2) is 28.4 Å². The van der Waals surface area contributed by atoms with Crippen LogP contribution in [0.3, 0.4) is 0 Å². The average Bonchev–Trinajstić information content (AvgIpc) is 2.73. The minimum absolute atomic E-state index is 0.125. The van der Waals surface area contributed by atoms with Crippen molar-refractivity contribution < 1.29 is 5.11 Å². The first-order valence-corrected chi connectivity index (χ1v) is 7.50. The molecule has 21 heavy (non-hydrogen) atoms. The number of nitrogens with zero attached hydrogens (tertiary/aromatic N) is 3. The highest BCUT2D eigenvalue weighted by Crippen LogP contribution is 2.39. The third kappa shape index (κ3) is 3.21. The van der Waals surface area contributed by atoms with Crippen molar-refractivity contribution in [2.24, 2.45) is 10.2 Å². The molecule has 0 saturated carbocycles. The zero-order chi connectivity index (χ0) is 15.4. The number of aromatic hydroxyl groups is 1. The van der Waals surface area contributed by atoms with Crippen molar-refractivity contribution in [3.8, 4) is 5.88 Å². The lowest BCUT2D eigenvalue weighted by Crippen LogP contribution is -2.19. The van der Waals surface area contributed by atoms with Crippen LogP contribution in [0, 0.1) is 6.92 Å². The van der Waals surface area contributed by atoms with E-state index in [1.54, 1.807) is 0 Å². The summed E-state index contributed by atoms with van der Waals surface area (Å²) in [6.45, 7) is 7.47. The summed E-state index contributed by atoms with van der Waals surface area (Å²) in [5.41, 5.74) is 2.53. The molecule has 0 atom stereocenters. The number of hydrogen-bond acceptors (Lipinski definition) is 3. The van der Waals surface area contributed by atoms with Gasteiger partial charge in [0.15, 0.2) is 5.69 Å². The fourth-order valence-electron chi connectivity index (χ4n) is 2.22. The molecule has 0 aliphatic heterocycles. The minimum atomic E-state index is 0.125. The summed E-state index contributed by atoms with van der Waals surface area (Å²) in [6, 6.07) is 6.00. The molecule has 1 aromatic carbocycles. The third-order valence-corrected chi connectivity index (χ3v) is 3.47. The van der Waals surface area contributed by atoms with Gasteiger partial charge in [-0.25, -0.2) is 0 Å². The number of azo groups is 1. The Morgan fingerprint density at radius 1 is 1.38 bits per heavy atom. The van der Waals surface area contributed by atoms with E-state index in [1.165, 1.54) is 0 Å². The first-order chi connectivity index (χ1) is 10.1. The summed E-state index contributed by atoms with van der Waals surface area (Å²) in [6.07, 6.45) is 0.968. The molecule has 5 nitrogen and oxygen atoms in total. The second-order valence-electron chi connectivity index (χ2n) is 4.87. The number of rotatable bonds is 4. The predicted molar refractivity (Wildman–Crippen MR) is 89.4 cm³/mol. The Morgan fingerprint density at radius 2 is 2.14 bits per heavy atom. The van der Waals surface area contributed by atoms with Crippen LogP contribution in [0.5, 0.6) is 5.88 Å². The largest absolute Gasteiger partial charge is 0.493 e. The van der Waals surface area contributed by atoms with E-state index in [2.05, 4.69) is 22.5 Å². The van der Waals surface area contributed by atoms with Crippen LogP contribution in [0.25, 0.3) is 10.9 Å². The zero-order valence-corrected chi connectivity index (χ0v) is 13.4. The molecule has 2 rings (SSSR count). The van der Waals surface area contributed by atoms with Gasteiger partial charge in [0, 0.05) is 18.5 Å². The van der Waals surface area contributed by atoms with E-state index >= 15 is 0 Å². The summed E-state index contributed by atoms with van der Waals surface area (Å²) in [4.78, 5) is 0. The highest BCUT2D eigenvalue weighted by atomic mass is 32.1. The number of benzene rings is 1. The van der Waals surface area contributed by atoms with Crippen molar-refractivity contribution in [1.29, 1.82) is 0 Å². The van der Waals surface area contributed by atoms with E-state index in [1.807, 2.05) is 36.6 Å². The van der Waals surface area contributed by atoms with Crippen LogP contribution >= 0.6 is 12.2 Å². The lowest BCUT2D eigenvalue weighted by Gasteiger charge is -2.01. The van der Waals surface area contributed by atoms with Gasteiger partial charge in [-0.1, -0.05) is 18.6 Å². The molecule has 2 N–H and O–H groups in total. The maximum absolute atomic E-state index is 10.3. The number of nitrogens with one attached hydrogen (secondary N) is 1. The Hall–Kier alpha value is -1.95. The van der Waals surface area contributed by atoms with E-state index in [0.29, 0.717) is 17.3 Å². The molecular formula is C15H20N4OS. The third-order valence-electron chi connectivity index (χ3n) is 3.25. The van der Waals surface area contributed by atoms with Crippen molar-refractivity contribution in [2.45, 2.75) is 33.7 Å². The van der Waals surface area contributed by atoms with Crippen LogP contribution < -0.4 is 5.32 Å². The average molecular weight is 304 g/mol. The number of fused-ring (bicyclic) bond motifs is 1. The fraction of sp³-hybridized carbons (Fsp3) is 0.400.